The van der Waals surface area contributed by atoms with Gasteiger partial charge < -0.3 is 4.74 Å². The smallest absolute Gasteiger partial charge is 0.129 e. The highest BCUT2D eigenvalue weighted by Crippen LogP contribution is 2.36. The predicted molar refractivity (Wildman–Crippen MR) is 76.4 cm³/mol. The topological polar surface area (TPSA) is 47.3 Å². The Morgan fingerprint density at radius 3 is 2.42 bits per heavy atom. The van der Waals surface area contributed by atoms with E-state index in [9.17, 15) is 4.39 Å². The lowest BCUT2D eigenvalue weighted by molar-refractivity contribution is -0.0741. The molecule has 0 aliphatic carbocycles. The third kappa shape index (κ3) is 3.45. The Balaban J connectivity index is 3.23. The second-order valence-electron chi connectivity index (χ2n) is 4.47. The maximum Gasteiger partial charge on any atom is 0.129 e. The zero-order valence-electron chi connectivity index (χ0n) is 11.7. The van der Waals surface area contributed by atoms with Crippen LogP contribution in [0.1, 0.15) is 45.2 Å². The summed E-state index contributed by atoms with van der Waals surface area (Å²) in [5.41, 5.74) is 2.64. The van der Waals surface area contributed by atoms with Crippen molar-refractivity contribution in [2.45, 2.75) is 45.3 Å². The second kappa shape index (κ2) is 7.20. The van der Waals surface area contributed by atoms with Crippen molar-refractivity contribution in [3.63, 3.8) is 0 Å². The number of nitrogens with two attached hydrogens (primary N) is 1. The van der Waals surface area contributed by atoms with Crippen LogP contribution in [0.4, 0.5) is 4.39 Å². The number of ether oxygens (including phenoxy) is 1. The first-order valence-electron chi connectivity index (χ1n) is 6.59. The van der Waals surface area contributed by atoms with Gasteiger partial charge in [-0.15, -0.1) is 0 Å². The van der Waals surface area contributed by atoms with Gasteiger partial charge >= 0.3 is 0 Å². The van der Waals surface area contributed by atoms with Crippen molar-refractivity contribution < 1.29 is 9.13 Å². The number of hydrazine groups is 1. The van der Waals surface area contributed by atoms with Gasteiger partial charge in [-0.25, -0.2) is 9.82 Å². The lowest BCUT2D eigenvalue weighted by Crippen LogP contribution is -2.48. The highest BCUT2D eigenvalue weighted by atomic mass is 35.5. The molecule has 0 aromatic heterocycles. The molecule has 0 aliphatic heterocycles. The number of halogens is 2. The summed E-state index contributed by atoms with van der Waals surface area (Å²) in [4.78, 5) is 0. The van der Waals surface area contributed by atoms with E-state index in [4.69, 9.17) is 22.2 Å². The summed E-state index contributed by atoms with van der Waals surface area (Å²) < 4.78 is 20.0. The average Bonchev–Trinajstić information content (AvgIpc) is 2.40. The summed E-state index contributed by atoms with van der Waals surface area (Å²) in [6.07, 6.45) is 1.46. The fraction of sp³-hybridized carbons (Fsp3) is 0.571. The first-order valence-corrected chi connectivity index (χ1v) is 6.97. The zero-order valence-corrected chi connectivity index (χ0v) is 12.4. The number of benzene rings is 1. The van der Waals surface area contributed by atoms with Gasteiger partial charge in [-0.05, 0) is 31.9 Å². The van der Waals surface area contributed by atoms with E-state index in [-0.39, 0.29) is 5.82 Å². The summed E-state index contributed by atoms with van der Waals surface area (Å²) >= 11 is 5.79. The van der Waals surface area contributed by atoms with Crippen molar-refractivity contribution in [2.24, 2.45) is 5.84 Å². The SMILES string of the molecule is CCOC(CC)(CC)C(NN)c1ccc(Cl)cc1F. The molecule has 1 aromatic rings. The normalized spacial score (nSPS) is 13.6. The fourth-order valence-corrected chi connectivity index (χ4v) is 2.65. The van der Waals surface area contributed by atoms with Crippen LogP contribution >= 0.6 is 11.6 Å². The molecule has 1 unspecified atom stereocenters. The summed E-state index contributed by atoms with van der Waals surface area (Å²) in [6, 6.07) is 4.19. The number of hydrogen-bond donors (Lipinski definition) is 2. The minimum atomic E-state index is -0.530. The first kappa shape index (κ1) is 16.4. The molecular weight excluding hydrogens is 267 g/mol. The maximum atomic E-state index is 14.1. The first-order chi connectivity index (χ1) is 9.04. The van der Waals surface area contributed by atoms with Gasteiger partial charge in [-0.3, -0.25) is 5.84 Å². The molecule has 0 saturated carbocycles. The molecule has 3 nitrogen and oxygen atoms in total. The lowest BCUT2D eigenvalue weighted by Gasteiger charge is -2.39. The van der Waals surface area contributed by atoms with Crippen molar-refractivity contribution in [3.8, 4) is 0 Å². The molecule has 0 fully saturated rings. The molecule has 108 valence electrons. The van der Waals surface area contributed by atoms with Crippen LogP contribution in [0, 0.1) is 5.82 Å². The Kier molecular flexibility index (Phi) is 6.20. The van der Waals surface area contributed by atoms with E-state index in [0.717, 1.165) is 12.8 Å². The summed E-state index contributed by atoms with van der Waals surface area (Å²) in [5, 5.41) is 0.368. The zero-order chi connectivity index (χ0) is 14.5. The highest BCUT2D eigenvalue weighted by molar-refractivity contribution is 6.30. The quantitative estimate of drug-likeness (QED) is 0.595. The Labute approximate surface area is 119 Å². The van der Waals surface area contributed by atoms with Crippen LogP contribution in [-0.4, -0.2) is 12.2 Å². The molecule has 1 atom stereocenters. The van der Waals surface area contributed by atoms with Crippen molar-refractivity contribution in [2.75, 3.05) is 6.61 Å². The van der Waals surface area contributed by atoms with Crippen LogP contribution in [0.15, 0.2) is 18.2 Å². The monoisotopic (exact) mass is 288 g/mol. The van der Waals surface area contributed by atoms with E-state index in [1.807, 2.05) is 20.8 Å². The highest BCUT2D eigenvalue weighted by Gasteiger charge is 2.38. The lowest BCUT2D eigenvalue weighted by atomic mass is 9.84. The third-order valence-corrected chi connectivity index (χ3v) is 3.83. The predicted octanol–water partition coefficient (Wildman–Crippen LogP) is 3.58. The van der Waals surface area contributed by atoms with Crippen LogP contribution in [0.3, 0.4) is 0 Å². The molecule has 0 heterocycles. The van der Waals surface area contributed by atoms with E-state index in [1.165, 1.54) is 6.07 Å². The molecule has 0 bridgehead atoms. The molecule has 0 radical (unpaired) electrons. The second-order valence-corrected chi connectivity index (χ2v) is 4.91. The maximum absolute atomic E-state index is 14.1. The molecular formula is C14H22ClFN2O. The van der Waals surface area contributed by atoms with Crippen LogP contribution < -0.4 is 11.3 Å². The fourth-order valence-electron chi connectivity index (χ4n) is 2.49. The third-order valence-electron chi connectivity index (χ3n) is 3.59. The van der Waals surface area contributed by atoms with Crippen LogP contribution in [0.2, 0.25) is 5.02 Å². The minimum absolute atomic E-state index is 0.368. The average molecular weight is 289 g/mol. The Morgan fingerprint density at radius 2 is 2.00 bits per heavy atom. The Hall–Kier alpha value is -0.680. The van der Waals surface area contributed by atoms with Crippen LogP contribution in [0.5, 0.6) is 0 Å². The summed E-state index contributed by atoms with van der Waals surface area (Å²) in [7, 11) is 0. The largest absolute Gasteiger partial charge is 0.373 e. The van der Waals surface area contributed by atoms with Crippen LogP contribution in [0.25, 0.3) is 0 Å². The van der Waals surface area contributed by atoms with Crippen molar-refractivity contribution in [1.29, 1.82) is 0 Å². The van der Waals surface area contributed by atoms with E-state index in [0.29, 0.717) is 17.2 Å². The van der Waals surface area contributed by atoms with Gasteiger partial charge in [0.25, 0.3) is 0 Å². The van der Waals surface area contributed by atoms with Gasteiger partial charge in [-0.2, -0.15) is 0 Å². The molecule has 5 heteroatoms. The summed E-state index contributed by atoms with van der Waals surface area (Å²) in [6.45, 7) is 6.50. The van der Waals surface area contributed by atoms with E-state index in [1.54, 1.807) is 12.1 Å². The van der Waals surface area contributed by atoms with Gasteiger partial charge in [0, 0.05) is 17.2 Å². The van der Waals surface area contributed by atoms with E-state index < -0.39 is 11.6 Å². The summed E-state index contributed by atoms with van der Waals surface area (Å²) in [5.74, 6) is 5.28. The van der Waals surface area contributed by atoms with E-state index in [2.05, 4.69) is 5.43 Å². The van der Waals surface area contributed by atoms with Gasteiger partial charge in [0.15, 0.2) is 0 Å². The molecule has 1 aromatic carbocycles. The van der Waals surface area contributed by atoms with Crippen molar-refractivity contribution in [3.05, 3.63) is 34.6 Å². The Morgan fingerprint density at radius 1 is 1.37 bits per heavy atom. The van der Waals surface area contributed by atoms with Gasteiger partial charge in [0.1, 0.15) is 5.82 Å². The molecule has 19 heavy (non-hydrogen) atoms. The molecule has 0 spiro atoms. The number of rotatable bonds is 7. The van der Waals surface area contributed by atoms with Crippen molar-refractivity contribution in [1.82, 2.24) is 5.43 Å². The van der Waals surface area contributed by atoms with Gasteiger partial charge in [0.05, 0.1) is 11.6 Å². The Bertz CT molecular complexity index is 410. The standard InChI is InChI=1S/C14H22ClFN2O/c1-4-14(5-2,19-6-3)13(18-17)11-8-7-10(15)9-12(11)16/h7-9,13,18H,4-6,17H2,1-3H3. The molecule has 0 saturated heterocycles. The minimum Gasteiger partial charge on any atom is -0.373 e. The molecule has 3 N–H and O–H groups in total. The van der Waals surface area contributed by atoms with E-state index >= 15 is 0 Å². The number of hydrogen-bond acceptors (Lipinski definition) is 3. The number of nitrogens with one attached hydrogen (secondary N) is 1. The molecule has 0 amide bonds. The van der Waals surface area contributed by atoms with Crippen molar-refractivity contribution >= 4 is 11.6 Å². The molecule has 0 aliphatic rings. The van der Waals surface area contributed by atoms with Gasteiger partial charge in [-0.1, -0.05) is 31.5 Å². The van der Waals surface area contributed by atoms with Gasteiger partial charge in [0.2, 0.25) is 0 Å². The van der Waals surface area contributed by atoms with Crippen LogP contribution in [-0.2, 0) is 4.74 Å². The molecule has 1 rings (SSSR count).